The van der Waals surface area contributed by atoms with Crippen LogP contribution in [-0.4, -0.2) is 166 Å². The van der Waals surface area contributed by atoms with Gasteiger partial charge in [-0.1, -0.05) is 103 Å². The molecular weight excluding hydrogens is 1440 g/mol. The van der Waals surface area contributed by atoms with Crippen molar-refractivity contribution in [2.24, 2.45) is 0 Å². The number of anilines is 6. The van der Waals surface area contributed by atoms with Crippen molar-refractivity contribution in [1.29, 1.82) is 10.5 Å². The molecule has 3 aliphatic rings. The first-order valence-electron chi connectivity index (χ1n) is 37.5. The van der Waals surface area contributed by atoms with Gasteiger partial charge in [-0.2, -0.15) is 30.9 Å². The lowest BCUT2D eigenvalue weighted by Crippen LogP contribution is -2.50. The first-order valence-corrected chi connectivity index (χ1v) is 37.5. The topological polar surface area (TPSA) is 379 Å². The molecule has 0 aliphatic carbocycles. The second kappa shape index (κ2) is 35.7. The number of piperazine rings is 1. The number of nitrogens with zero attached hydrogens (tertiary/aromatic N) is 12. The number of carbonyl (C=O) groups excluding carboxylic acids is 5. The Labute approximate surface area is 655 Å². The second-order valence-electron chi connectivity index (χ2n) is 27.7. The number of aliphatic hydroxyl groups excluding tert-OH is 1. The lowest BCUT2D eigenvalue weighted by molar-refractivity contribution is -0.114. The van der Waals surface area contributed by atoms with Crippen LogP contribution >= 0.6 is 0 Å². The molecule has 0 unspecified atom stereocenters. The van der Waals surface area contributed by atoms with Crippen LogP contribution in [0.2, 0.25) is 0 Å². The van der Waals surface area contributed by atoms with E-state index < -0.39 is 0 Å². The normalized spacial score (nSPS) is 13.3. The summed E-state index contributed by atoms with van der Waals surface area (Å²) in [7, 11) is 0. The molecule has 8 aromatic carbocycles. The van der Waals surface area contributed by atoms with Crippen molar-refractivity contribution in [1.82, 2.24) is 70.8 Å². The van der Waals surface area contributed by atoms with Crippen LogP contribution in [0.25, 0.3) is 88.1 Å². The number of urea groups is 4. The van der Waals surface area contributed by atoms with E-state index in [1.807, 2.05) is 168 Å². The van der Waals surface area contributed by atoms with Crippen molar-refractivity contribution in [2.75, 3.05) is 90.4 Å². The molecular formula is C86H82N22O6. The summed E-state index contributed by atoms with van der Waals surface area (Å²) in [6, 6.07) is 69.7. The Kier molecular flexibility index (Phi) is 23.8. The van der Waals surface area contributed by atoms with Gasteiger partial charge in [-0.3, -0.25) is 51.4 Å². The predicted octanol–water partition coefficient (Wildman–Crippen LogP) is 15.1. The number of piperidine rings is 1. The number of aliphatic hydroxyl groups is 1. The maximum Gasteiger partial charge on any atom is 0.323 e. The molecule has 114 heavy (non-hydrogen) atoms. The van der Waals surface area contributed by atoms with Crippen molar-refractivity contribution in [2.45, 2.75) is 52.1 Å². The lowest BCUT2D eigenvalue weighted by atomic mass is 10.0. The van der Waals surface area contributed by atoms with E-state index in [2.05, 4.69) is 143 Å². The number of nitrogens with one attached hydrogen (secondary N) is 10. The van der Waals surface area contributed by atoms with E-state index in [4.69, 9.17) is 10.5 Å². The van der Waals surface area contributed by atoms with Gasteiger partial charge in [0.05, 0.1) is 51.4 Å². The minimum Gasteiger partial charge on any atom is -0.393 e. The maximum atomic E-state index is 12.8. The Balaban J connectivity index is 0.000000126. The molecule has 0 saturated carbocycles. The average molecular weight is 1520 g/mol. The Morgan fingerprint density at radius 2 is 0.860 bits per heavy atom. The molecule has 572 valence electrons. The molecule has 3 fully saturated rings. The van der Waals surface area contributed by atoms with E-state index in [9.17, 15) is 29.1 Å². The van der Waals surface area contributed by atoms with E-state index in [1.54, 1.807) is 29.4 Å². The lowest BCUT2D eigenvalue weighted by Gasteiger charge is -2.35. The van der Waals surface area contributed by atoms with E-state index in [0.717, 1.165) is 144 Å². The molecule has 0 radical (unpaired) electrons. The minimum atomic E-state index is -0.323. The van der Waals surface area contributed by atoms with E-state index in [-0.39, 0.29) is 36.1 Å². The number of aryl methyl sites for hydroxylation is 1. The third-order valence-electron chi connectivity index (χ3n) is 19.8. The molecule has 3 aliphatic heterocycles. The van der Waals surface area contributed by atoms with Crippen LogP contribution in [-0.2, 0) is 11.2 Å². The maximum absolute atomic E-state index is 12.8. The Hall–Kier alpha value is -14.8. The monoisotopic (exact) mass is 1520 g/mol. The van der Waals surface area contributed by atoms with Gasteiger partial charge in [0.2, 0.25) is 5.91 Å². The summed E-state index contributed by atoms with van der Waals surface area (Å²) >= 11 is 0. The van der Waals surface area contributed by atoms with Gasteiger partial charge < -0.3 is 35.3 Å². The number of aromatic nitrogens is 10. The standard InChI is InChI=1S/C24H24N6O.C23H22N6O2.C20H19N5O2.C19H17N5O/c1-17-5-7-18(8-6-17)19-9-10-20-21(16-19)27-28-23(20)26-24(31)30-14-12-29(13-15-30)22-4-2-3-11-25-22;1-15(30)26-19-7-4-5-16(13-19)17-8-9-20-21(14-17)28-29-22(20)27-23(31)25-12-10-18-6-2-3-11-24-18;21-12-13-2-1-3-14(10-13)15-4-5-17-18(11-15)23-24-19(17)22-20(27)25-8-6-16(26)7-9-25;20-12-13-4-3-5-14(10-13)15-6-7-16-17(11-15)22-23-18(16)21-19(25)24-8-1-2-9-24/h2-11,16H,12-15H2,1H3,(H2,26,27,28,31);2-9,11,13-14H,10,12H2,1H3,(H,26,30)(H3,25,27,28,29,31);1-5,10-11,16,26H,6-9H2,(H2,22,23,24,27);3-7,10-11H,1-2,8-9H2,(H2,21,22,23,25). The summed E-state index contributed by atoms with van der Waals surface area (Å²) in [4.78, 5) is 77.1. The molecule has 9 heterocycles. The zero-order valence-electron chi connectivity index (χ0n) is 62.6. The fraction of sp³-hybridized carbons (Fsp3) is 0.198. The fourth-order valence-corrected chi connectivity index (χ4v) is 13.7. The Bertz CT molecular complexity index is 5850. The summed E-state index contributed by atoms with van der Waals surface area (Å²) < 4.78 is 0. The number of aromatic amines is 4. The number of nitriles is 2. The van der Waals surface area contributed by atoms with E-state index in [0.29, 0.717) is 86.4 Å². The molecule has 11 N–H and O–H groups in total. The molecule has 9 amide bonds. The highest BCUT2D eigenvalue weighted by atomic mass is 16.3. The first kappa shape index (κ1) is 76.0. The number of hydrogen-bond donors (Lipinski definition) is 11. The Morgan fingerprint density at radius 1 is 0.439 bits per heavy atom. The quantitative estimate of drug-likeness (QED) is 0.0511. The summed E-state index contributed by atoms with van der Waals surface area (Å²) in [5, 5.41) is 77.1. The number of likely N-dealkylation sites (tertiary alicyclic amines) is 2. The van der Waals surface area contributed by atoms with Crippen LogP contribution < -0.4 is 36.8 Å². The highest BCUT2D eigenvalue weighted by Crippen LogP contribution is 2.33. The number of pyridine rings is 2. The van der Waals surface area contributed by atoms with Gasteiger partial charge in [-0.15, -0.1) is 0 Å². The molecule has 14 aromatic rings. The zero-order valence-corrected chi connectivity index (χ0v) is 62.6. The zero-order chi connectivity index (χ0) is 78.9. The number of H-pyrrole nitrogens is 4. The SMILES string of the molecule is CC(=O)Nc1cccc(-c2ccc3c(NC(=O)NCCc4ccccn4)n[nH]c3c2)c1.Cc1ccc(-c2ccc3c(NC(=O)N4CCN(c5ccccn5)CC4)n[nH]c3c2)cc1.N#Cc1cccc(-c2ccc3c(NC(=O)N4CCC(O)CC4)n[nH]c3c2)c1.N#Cc1cccc(-c2ccc3c(NC(=O)N4CCCC4)n[nH]c3c2)c1. The third kappa shape index (κ3) is 18.9. The molecule has 28 nitrogen and oxygen atoms in total. The van der Waals surface area contributed by atoms with Gasteiger partial charge in [-0.25, -0.2) is 24.2 Å². The van der Waals surface area contributed by atoms with Gasteiger partial charge in [0.25, 0.3) is 0 Å². The van der Waals surface area contributed by atoms with Crippen molar-refractivity contribution in [3.8, 4) is 56.6 Å². The largest absolute Gasteiger partial charge is 0.393 e. The van der Waals surface area contributed by atoms with Gasteiger partial charge in [0, 0.05) is 118 Å². The van der Waals surface area contributed by atoms with Crippen molar-refractivity contribution >= 4 is 108 Å². The summed E-state index contributed by atoms with van der Waals surface area (Å²) in [5.41, 5.74) is 15.5. The molecule has 6 aromatic heterocycles. The van der Waals surface area contributed by atoms with Crippen molar-refractivity contribution in [3.63, 3.8) is 0 Å². The minimum absolute atomic E-state index is 0.100. The number of rotatable bonds is 13. The molecule has 28 heteroatoms. The summed E-state index contributed by atoms with van der Waals surface area (Å²) in [5.74, 6) is 2.88. The van der Waals surface area contributed by atoms with Crippen LogP contribution in [0.3, 0.4) is 0 Å². The van der Waals surface area contributed by atoms with Gasteiger partial charge in [0.1, 0.15) is 5.82 Å². The number of hydrogen-bond acceptors (Lipinski definition) is 15. The smallest absolute Gasteiger partial charge is 0.323 e. The molecule has 0 spiro atoms. The van der Waals surface area contributed by atoms with Crippen LogP contribution in [0, 0.1) is 29.6 Å². The van der Waals surface area contributed by atoms with Crippen LogP contribution in [0.15, 0.2) is 219 Å². The van der Waals surface area contributed by atoms with Gasteiger partial charge in [-0.05, 0) is 186 Å². The third-order valence-corrected chi connectivity index (χ3v) is 19.8. The van der Waals surface area contributed by atoms with Crippen LogP contribution in [0.1, 0.15) is 55.0 Å². The molecule has 0 bridgehead atoms. The number of carbonyl (C=O) groups is 5. The highest BCUT2D eigenvalue weighted by Gasteiger charge is 2.26. The Morgan fingerprint density at radius 3 is 1.32 bits per heavy atom. The predicted molar refractivity (Wildman–Crippen MR) is 442 cm³/mol. The highest BCUT2D eigenvalue weighted by molar-refractivity contribution is 6.04. The second-order valence-corrected chi connectivity index (χ2v) is 27.7. The summed E-state index contributed by atoms with van der Waals surface area (Å²) in [6.45, 7) is 9.49. The van der Waals surface area contributed by atoms with E-state index >= 15 is 0 Å². The van der Waals surface area contributed by atoms with Crippen molar-refractivity contribution in [3.05, 3.63) is 241 Å². The molecule has 17 rings (SSSR count). The fourth-order valence-electron chi connectivity index (χ4n) is 13.7. The van der Waals surface area contributed by atoms with Crippen LogP contribution in [0.5, 0.6) is 0 Å². The average Bonchev–Trinajstić information content (AvgIpc) is 1.65. The summed E-state index contributed by atoms with van der Waals surface area (Å²) in [6.07, 6.45) is 7.16. The van der Waals surface area contributed by atoms with Gasteiger partial charge in [0.15, 0.2) is 23.3 Å². The van der Waals surface area contributed by atoms with Crippen molar-refractivity contribution < 1.29 is 29.1 Å². The van der Waals surface area contributed by atoms with E-state index in [1.165, 1.54) is 12.5 Å². The van der Waals surface area contributed by atoms with Gasteiger partial charge >= 0.3 is 24.1 Å². The number of benzene rings is 8. The molecule has 0 atom stereocenters. The number of fused-ring (bicyclic) bond motifs is 4. The number of amides is 9. The first-order chi connectivity index (χ1) is 55.6. The molecule has 3 saturated heterocycles. The van der Waals surface area contributed by atoms with Crippen LogP contribution in [0.4, 0.5) is 54.0 Å².